The van der Waals surface area contributed by atoms with Gasteiger partial charge in [0.05, 0.1) is 6.20 Å². The fourth-order valence-corrected chi connectivity index (χ4v) is 3.14. The van der Waals surface area contributed by atoms with Gasteiger partial charge in [0.25, 0.3) is 0 Å². The zero-order valence-electron chi connectivity index (χ0n) is 9.97. The van der Waals surface area contributed by atoms with E-state index >= 15 is 0 Å². The van der Waals surface area contributed by atoms with Crippen LogP contribution in [0.2, 0.25) is 0 Å². The van der Waals surface area contributed by atoms with Crippen molar-refractivity contribution < 1.29 is 4.42 Å². The van der Waals surface area contributed by atoms with Crippen LogP contribution in [0.1, 0.15) is 4.88 Å². The molecular formula is C14H11BrN2OS. The van der Waals surface area contributed by atoms with Crippen LogP contribution in [0.15, 0.2) is 57.2 Å². The molecule has 0 unspecified atom stereocenters. The van der Waals surface area contributed by atoms with E-state index in [1.54, 1.807) is 17.5 Å². The second-order valence-electron chi connectivity index (χ2n) is 4.03. The molecule has 0 saturated heterocycles. The third-order valence-electron chi connectivity index (χ3n) is 2.69. The molecule has 96 valence electrons. The summed E-state index contributed by atoms with van der Waals surface area (Å²) in [5, 5.41) is 5.48. The first-order valence-electron chi connectivity index (χ1n) is 5.77. The van der Waals surface area contributed by atoms with Crippen molar-refractivity contribution in [2.24, 2.45) is 0 Å². The summed E-state index contributed by atoms with van der Waals surface area (Å²) >= 11 is 5.19. The summed E-state index contributed by atoms with van der Waals surface area (Å²) in [6.07, 6.45) is 3.15. The van der Waals surface area contributed by atoms with Crippen LogP contribution in [-0.4, -0.2) is 4.98 Å². The van der Waals surface area contributed by atoms with Gasteiger partial charge in [-0.15, -0.1) is 11.3 Å². The minimum absolute atomic E-state index is 0.786. The van der Waals surface area contributed by atoms with Gasteiger partial charge in [-0.05, 0) is 46.3 Å². The van der Waals surface area contributed by atoms with Crippen molar-refractivity contribution in [2.45, 2.75) is 6.54 Å². The van der Waals surface area contributed by atoms with Crippen LogP contribution >= 0.6 is 27.3 Å². The highest BCUT2D eigenvalue weighted by atomic mass is 79.9. The van der Waals surface area contributed by atoms with E-state index in [1.807, 2.05) is 24.3 Å². The maximum atomic E-state index is 5.26. The van der Waals surface area contributed by atoms with E-state index in [0.717, 1.165) is 28.0 Å². The molecule has 1 N–H and O–H groups in total. The second-order valence-corrected chi connectivity index (χ2v) is 5.94. The number of nitrogens with zero attached hydrogens (tertiary/aromatic N) is 1. The number of halogens is 1. The van der Waals surface area contributed by atoms with Crippen LogP contribution in [0.4, 0.5) is 5.69 Å². The highest BCUT2D eigenvalue weighted by Gasteiger charge is 2.01. The molecule has 0 spiro atoms. The van der Waals surface area contributed by atoms with Gasteiger partial charge in [-0.2, -0.15) is 0 Å². The van der Waals surface area contributed by atoms with Crippen molar-refractivity contribution in [1.29, 1.82) is 0 Å². The lowest BCUT2D eigenvalue weighted by Crippen LogP contribution is -1.96. The fraction of sp³-hybridized carbons (Fsp3) is 0.0714. The molecule has 3 rings (SSSR count). The largest absolute Gasteiger partial charge is 0.444 e. The highest BCUT2D eigenvalue weighted by molar-refractivity contribution is 9.10. The van der Waals surface area contributed by atoms with Crippen LogP contribution in [0, 0.1) is 0 Å². The first-order chi connectivity index (χ1) is 9.31. The fourth-order valence-electron chi connectivity index (χ4n) is 1.75. The molecule has 19 heavy (non-hydrogen) atoms. The van der Waals surface area contributed by atoms with Gasteiger partial charge >= 0.3 is 0 Å². The Morgan fingerprint density at radius 2 is 2.11 bits per heavy atom. The molecular weight excluding hydrogens is 324 g/mol. The van der Waals surface area contributed by atoms with Gasteiger partial charge in [0.2, 0.25) is 0 Å². The van der Waals surface area contributed by atoms with Crippen molar-refractivity contribution in [2.75, 3.05) is 5.32 Å². The van der Waals surface area contributed by atoms with E-state index < -0.39 is 0 Å². The zero-order valence-corrected chi connectivity index (χ0v) is 12.4. The average Bonchev–Trinajstić information content (AvgIpc) is 3.08. The molecule has 0 amide bonds. The summed E-state index contributed by atoms with van der Waals surface area (Å²) in [6, 6.07) is 10.3. The number of thiophene rings is 1. The Morgan fingerprint density at radius 1 is 1.26 bits per heavy atom. The zero-order chi connectivity index (χ0) is 13.1. The van der Waals surface area contributed by atoms with Gasteiger partial charge in [0, 0.05) is 32.5 Å². The minimum Gasteiger partial charge on any atom is -0.444 e. The Labute approximate surface area is 123 Å². The van der Waals surface area contributed by atoms with E-state index in [2.05, 4.69) is 37.7 Å². The van der Waals surface area contributed by atoms with Gasteiger partial charge in [-0.1, -0.05) is 0 Å². The smallest absolute Gasteiger partial charge is 0.181 e. The number of aromatic nitrogens is 1. The van der Waals surface area contributed by atoms with E-state index in [9.17, 15) is 0 Å². The second kappa shape index (κ2) is 5.59. The Hall–Kier alpha value is -1.59. The molecule has 2 aromatic heterocycles. The lowest BCUT2D eigenvalue weighted by atomic mass is 10.2. The summed E-state index contributed by atoms with van der Waals surface area (Å²) in [5.74, 6) is 0.786. The number of nitrogens with one attached hydrogen (secondary N) is 1. The third kappa shape index (κ3) is 3.05. The molecule has 0 aliphatic heterocycles. The van der Waals surface area contributed by atoms with Crippen molar-refractivity contribution in [3.05, 3.63) is 57.7 Å². The topological polar surface area (TPSA) is 38.1 Å². The van der Waals surface area contributed by atoms with E-state index in [4.69, 9.17) is 4.42 Å². The van der Waals surface area contributed by atoms with Gasteiger partial charge < -0.3 is 9.73 Å². The molecule has 3 aromatic rings. The third-order valence-corrected chi connectivity index (χ3v) is 4.39. The SMILES string of the molecule is Brc1csc(CNc2ccc(-c3cnco3)cc2)c1. The van der Waals surface area contributed by atoms with Gasteiger partial charge in [0.1, 0.15) is 0 Å². The first-order valence-corrected chi connectivity index (χ1v) is 7.44. The molecule has 0 aliphatic rings. The Kier molecular flexibility index (Phi) is 3.66. The predicted molar refractivity (Wildman–Crippen MR) is 81.3 cm³/mol. The van der Waals surface area contributed by atoms with Gasteiger partial charge in [-0.3, -0.25) is 0 Å². The van der Waals surface area contributed by atoms with Gasteiger partial charge in [0.15, 0.2) is 12.2 Å². The Bertz CT molecular complexity index is 646. The number of hydrogen-bond acceptors (Lipinski definition) is 4. The maximum absolute atomic E-state index is 5.26. The summed E-state index contributed by atoms with van der Waals surface area (Å²) in [7, 11) is 0. The van der Waals surface area contributed by atoms with E-state index in [-0.39, 0.29) is 0 Å². The van der Waals surface area contributed by atoms with Crippen molar-refractivity contribution >= 4 is 33.0 Å². The van der Waals surface area contributed by atoms with Crippen molar-refractivity contribution in [3.63, 3.8) is 0 Å². The lowest BCUT2D eigenvalue weighted by Gasteiger charge is -2.05. The molecule has 3 nitrogen and oxygen atoms in total. The Morgan fingerprint density at radius 3 is 2.74 bits per heavy atom. The van der Waals surface area contributed by atoms with Crippen LogP contribution < -0.4 is 5.32 Å². The maximum Gasteiger partial charge on any atom is 0.181 e. The number of hydrogen-bond donors (Lipinski definition) is 1. The average molecular weight is 335 g/mol. The number of anilines is 1. The molecule has 0 atom stereocenters. The van der Waals surface area contributed by atoms with Crippen molar-refractivity contribution in [1.82, 2.24) is 4.98 Å². The molecule has 0 radical (unpaired) electrons. The monoisotopic (exact) mass is 334 g/mol. The standard InChI is InChI=1S/C14H11BrN2OS/c15-11-5-13(19-8-11)6-17-12-3-1-10(2-4-12)14-7-16-9-18-14/h1-5,7-9,17H,6H2. The molecule has 0 fully saturated rings. The van der Waals surface area contributed by atoms with E-state index in [1.165, 1.54) is 11.3 Å². The normalized spacial score (nSPS) is 10.6. The highest BCUT2D eigenvalue weighted by Crippen LogP contribution is 2.23. The molecule has 0 saturated carbocycles. The first kappa shape index (κ1) is 12.4. The van der Waals surface area contributed by atoms with Crippen LogP contribution in [0.5, 0.6) is 0 Å². The molecule has 1 aromatic carbocycles. The number of oxazole rings is 1. The summed E-state index contributed by atoms with van der Waals surface area (Å²) in [5.41, 5.74) is 2.12. The van der Waals surface area contributed by atoms with E-state index in [0.29, 0.717) is 0 Å². The quantitative estimate of drug-likeness (QED) is 0.746. The molecule has 0 aliphatic carbocycles. The summed E-state index contributed by atoms with van der Waals surface area (Å²) in [6.45, 7) is 0.831. The lowest BCUT2D eigenvalue weighted by molar-refractivity contribution is 0.572. The predicted octanol–water partition coefficient (Wildman–Crippen LogP) is 4.78. The number of rotatable bonds is 4. The number of benzene rings is 1. The van der Waals surface area contributed by atoms with Crippen LogP contribution in [-0.2, 0) is 6.54 Å². The Balaban J connectivity index is 1.66. The molecule has 2 heterocycles. The van der Waals surface area contributed by atoms with Gasteiger partial charge in [-0.25, -0.2) is 4.98 Å². The molecule has 0 bridgehead atoms. The van der Waals surface area contributed by atoms with Crippen LogP contribution in [0.25, 0.3) is 11.3 Å². The summed E-state index contributed by atoms with van der Waals surface area (Å²) in [4.78, 5) is 5.21. The van der Waals surface area contributed by atoms with Crippen molar-refractivity contribution in [3.8, 4) is 11.3 Å². The van der Waals surface area contributed by atoms with Crippen LogP contribution in [0.3, 0.4) is 0 Å². The molecule has 5 heteroatoms. The summed E-state index contributed by atoms with van der Waals surface area (Å²) < 4.78 is 6.39. The minimum atomic E-state index is 0.786.